The van der Waals surface area contributed by atoms with E-state index < -0.39 is 18.8 Å². The summed E-state index contributed by atoms with van der Waals surface area (Å²) < 4.78 is 38.7. The number of rotatable bonds is 6. The van der Waals surface area contributed by atoms with Crippen molar-refractivity contribution in [2.24, 2.45) is 11.1 Å². The van der Waals surface area contributed by atoms with Crippen LogP contribution in [0.1, 0.15) is 24.8 Å². The van der Waals surface area contributed by atoms with Crippen LogP contribution in [0.25, 0.3) is 16.9 Å². The van der Waals surface area contributed by atoms with Crippen LogP contribution in [0.15, 0.2) is 53.9 Å². The van der Waals surface area contributed by atoms with Gasteiger partial charge in [-0.25, -0.2) is 9.78 Å². The minimum absolute atomic E-state index is 0.369. The second-order valence-electron chi connectivity index (χ2n) is 7.58. The minimum atomic E-state index is -4.47. The number of oxime groups is 1. The number of hydrogen-bond acceptors (Lipinski definition) is 4. The first-order valence-electron chi connectivity index (χ1n) is 10.1. The molecule has 4 rings (SSSR count). The molecule has 0 bridgehead atoms. The Morgan fingerprint density at radius 1 is 1.28 bits per heavy atom. The van der Waals surface area contributed by atoms with Crippen molar-refractivity contribution in [1.82, 2.24) is 14.7 Å². The molecular formula is C22H22F3N5O2. The molecule has 1 aromatic carbocycles. The number of halogens is 3. The third-order valence-electron chi connectivity index (χ3n) is 5.36. The van der Waals surface area contributed by atoms with Crippen molar-refractivity contribution in [2.75, 3.05) is 19.0 Å². The van der Waals surface area contributed by atoms with Crippen molar-refractivity contribution < 1.29 is 22.8 Å². The second-order valence-corrected chi connectivity index (χ2v) is 7.58. The van der Waals surface area contributed by atoms with Crippen LogP contribution in [0.4, 0.5) is 23.7 Å². The summed E-state index contributed by atoms with van der Waals surface area (Å²) in [5.41, 5.74) is 4.50. The molecule has 0 aliphatic heterocycles. The molecule has 0 spiro atoms. The van der Waals surface area contributed by atoms with Gasteiger partial charge in [-0.05, 0) is 37.1 Å². The van der Waals surface area contributed by atoms with Crippen LogP contribution in [0.3, 0.4) is 0 Å². The van der Waals surface area contributed by atoms with Crippen molar-refractivity contribution in [3.63, 3.8) is 0 Å². The lowest BCUT2D eigenvalue weighted by Gasteiger charge is -2.26. The molecule has 2 heterocycles. The van der Waals surface area contributed by atoms with E-state index in [-0.39, 0.29) is 0 Å². The summed E-state index contributed by atoms with van der Waals surface area (Å²) in [5.74, 6) is 0.387. The predicted molar refractivity (Wildman–Crippen MR) is 115 cm³/mol. The Labute approximate surface area is 182 Å². The normalized spacial score (nSPS) is 14.8. The lowest BCUT2D eigenvalue weighted by molar-refractivity contribution is -0.122. The molecule has 32 heavy (non-hydrogen) atoms. The largest absolute Gasteiger partial charge is 0.405 e. The molecule has 3 aromatic rings. The predicted octanol–water partition coefficient (Wildman–Crippen LogP) is 4.84. The summed E-state index contributed by atoms with van der Waals surface area (Å²) in [6.07, 6.45) is 2.49. The fourth-order valence-corrected chi connectivity index (χ4v) is 3.61. The van der Waals surface area contributed by atoms with E-state index in [0.29, 0.717) is 11.6 Å². The number of nitrogens with one attached hydrogen (secondary N) is 2. The number of amides is 2. The van der Waals surface area contributed by atoms with E-state index >= 15 is 0 Å². The molecular weight excluding hydrogens is 423 g/mol. The first-order valence-corrected chi connectivity index (χ1v) is 10.1. The Morgan fingerprint density at radius 2 is 2.09 bits per heavy atom. The fourth-order valence-electron chi connectivity index (χ4n) is 3.61. The molecule has 0 saturated heterocycles. The van der Waals surface area contributed by atoms with Crippen LogP contribution in [0, 0.1) is 5.92 Å². The van der Waals surface area contributed by atoms with E-state index in [1.54, 1.807) is 29.7 Å². The van der Waals surface area contributed by atoms with Gasteiger partial charge in [-0.3, -0.25) is 4.40 Å². The molecule has 168 valence electrons. The smallest absolute Gasteiger partial charge is 0.399 e. The summed E-state index contributed by atoms with van der Waals surface area (Å²) in [7, 11) is 1.54. The maximum Gasteiger partial charge on any atom is 0.405 e. The first-order chi connectivity index (χ1) is 15.3. The summed E-state index contributed by atoms with van der Waals surface area (Å²) in [4.78, 5) is 21.3. The Balaban J connectivity index is 1.56. The number of benzene rings is 1. The zero-order valence-corrected chi connectivity index (χ0v) is 17.3. The van der Waals surface area contributed by atoms with E-state index in [2.05, 4.69) is 15.5 Å². The second kappa shape index (κ2) is 8.89. The molecule has 10 heteroatoms. The number of carbonyl (C=O) groups excluding carboxylic acids is 1. The van der Waals surface area contributed by atoms with Crippen LogP contribution < -0.4 is 10.6 Å². The summed E-state index contributed by atoms with van der Waals surface area (Å²) in [6, 6.07) is 9.81. The van der Waals surface area contributed by atoms with Crippen LogP contribution >= 0.6 is 0 Å². The summed E-state index contributed by atoms with van der Waals surface area (Å²) in [6.45, 7) is -1.40. The lowest BCUT2D eigenvalue weighted by Crippen LogP contribution is -2.36. The third-order valence-corrected chi connectivity index (χ3v) is 5.36. The molecule has 7 nitrogen and oxygen atoms in total. The SMILES string of the molecule is CO/N=C(/c1ccn2c(-c3cccc(NC(=O)NCC(F)(F)F)c3)cnc2c1)C1CCC1. The minimum Gasteiger partial charge on any atom is -0.399 e. The Hall–Kier alpha value is -3.56. The lowest BCUT2D eigenvalue weighted by atomic mass is 9.79. The Bertz CT molecular complexity index is 1150. The van der Waals surface area contributed by atoms with Gasteiger partial charge in [0, 0.05) is 28.9 Å². The molecule has 1 saturated carbocycles. The van der Waals surface area contributed by atoms with E-state index in [4.69, 9.17) is 4.84 Å². The molecule has 1 fully saturated rings. The highest BCUT2D eigenvalue weighted by Crippen LogP contribution is 2.31. The Morgan fingerprint density at radius 3 is 2.78 bits per heavy atom. The zero-order chi connectivity index (χ0) is 22.7. The number of pyridine rings is 1. The van der Waals surface area contributed by atoms with Gasteiger partial charge >= 0.3 is 12.2 Å². The average Bonchev–Trinajstić information content (AvgIpc) is 3.14. The standard InChI is InChI=1S/C22H22F3N5O2/c1-32-29-20(14-4-2-5-14)16-8-9-30-18(12-26-19(30)11-16)15-6-3-7-17(10-15)28-21(31)27-13-22(23,24)25/h3,6-12,14H,2,4-5,13H2,1H3,(H2,27,28,31)/b29-20+. The number of hydrogen-bond donors (Lipinski definition) is 2. The highest BCUT2D eigenvalue weighted by atomic mass is 19.4. The highest BCUT2D eigenvalue weighted by Gasteiger charge is 2.28. The van der Waals surface area contributed by atoms with E-state index in [1.165, 1.54) is 13.5 Å². The molecule has 1 aliphatic rings. The number of alkyl halides is 3. The summed E-state index contributed by atoms with van der Waals surface area (Å²) in [5, 5.41) is 8.43. The van der Waals surface area contributed by atoms with Gasteiger partial charge in [0.25, 0.3) is 0 Å². The van der Waals surface area contributed by atoms with Crippen molar-refractivity contribution in [1.29, 1.82) is 0 Å². The maximum absolute atomic E-state index is 12.3. The van der Waals surface area contributed by atoms with Gasteiger partial charge in [0.2, 0.25) is 0 Å². The van der Waals surface area contributed by atoms with E-state index in [0.717, 1.165) is 41.0 Å². The van der Waals surface area contributed by atoms with Crippen LogP contribution in [0.5, 0.6) is 0 Å². The third kappa shape index (κ3) is 4.84. The van der Waals surface area contributed by atoms with Gasteiger partial charge in [0.15, 0.2) is 0 Å². The number of urea groups is 1. The van der Waals surface area contributed by atoms with Gasteiger partial charge in [0.1, 0.15) is 19.3 Å². The maximum atomic E-state index is 12.3. The molecule has 1 aliphatic carbocycles. The quantitative estimate of drug-likeness (QED) is 0.421. The molecule has 0 radical (unpaired) electrons. The van der Waals surface area contributed by atoms with Crippen LogP contribution in [-0.2, 0) is 4.84 Å². The van der Waals surface area contributed by atoms with Gasteiger partial charge < -0.3 is 15.5 Å². The van der Waals surface area contributed by atoms with Crippen molar-refractivity contribution in [2.45, 2.75) is 25.4 Å². The molecule has 0 unspecified atom stereocenters. The van der Waals surface area contributed by atoms with Crippen molar-refractivity contribution >= 4 is 23.1 Å². The zero-order valence-electron chi connectivity index (χ0n) is 17.3. The van der Waals surface area contributed by atoms with Crippen LogP contribution in [0.2, 0.25) is 0 Å². The Kier molecular flexibility index (Phi) is 6.02. The van der Waals surface area contributed by atoms with Gasteiger partial charge in [-0.2, -0.15) is 13.2 Å². The first kappa shape index (κ1) is 21.7. The molecule has 2 amide bonds. The van der Waals surface area contributed by atoms with E-state index in [1.807, 2.05) is 28.8 Å². The number of imidazole rings is 1. The molecule has 2 aromatic heterocycles. The van der Waals surface area contributed by atoms with Crippen LogP contribution in [-0.4, -0.2) is 41.0 Å². The van der Waals surface area contributed by atoms with Gasteiger partial charge in [0.05, 0.1) is 17.6 Å². The van der Waals surface area contributed by atoms with Gasteiger partial charge in [-0.15, -0.1) is 0 Å². The van der Waals surface area contributed by atoms with Gasteiger partial charge in [-0.1, -0.05) is 23.7 Å². The van der Waals surface area contributed by atoms with Crippen molar-refractivity contribution in [3.8, 4) is 11.3 Å². The number of anilines is 1. The fraction of sp³-hybridized carbons (Fsp3) is 0.318. The monoisotopic (exact) mass is 445 g/mol. The average molecular weight is 445 g/mol. The number of aromatic nitrogens is 2. The molecule has 2 N–H and O–H groups in total. The molecule has 0 atom stereocenters. The highest BCUT2D eigenvalue weighted by molar-refractivity contribution is 6.03. The number of fused-ring (bicyclic) bond motifs is 1. The summed E-state index contributed by atoms with van der Waals surface area (Å²) >= 11 is 0. The van der Waals surface area contributed by atoms with Crippen molar-refractivity contribution in [3.05, 3.63) is 54.4 Å². The topological polar surface area (TPSA) is 80.0 Å². The van der Waals surface area contributed by atoms with E-state index in [9.17, 15) is 18.0 Å². The number of nitrogens with zero attached hydrogens (tertiary/aromatic N) is 3. The number of carbonyl (C=O) groups is 1.